The average Bonchev–Trinajstić information content (AvgIpc) is 2.81. The third kappa shape index (κ3) is 5.00. The molecule has 3 N–H and O–H groups in total. The number of hydrogen-bond donors (Lipinski definition) is 3. The summed E-state index contributed by atoms with van der Waals surface area (Å²) in [4.78, 5) is 38.1. The van der Waals surface area contributed by atoms with Crippen LogP contribution >= 0.6 is 0 Å². The second-order valence-electron chi connectivity index (χ2n) is 7.67. The summed E-state index contributed by atoms with van der Waals surface area (Å²) in [6, 6.07) is 10.7. The number of carbonyl (C=O) groups excluding carboxylic acids is 1. The summed E-state index contributed by atoms with van der Waals surface area (Å²) < 4.78 is 0. The average molecular weight is 432 g/mol. The van der Waals surface area contributed by atoms with Crippen LogP contribution in [0.3, 0.4) is 0 Å². The Hall–Kier alpha value is -4.01. The summed E-state index contributed by atoms with van der Waals surface area (Å²) in [5, 5.41) is 14.8. The summed E-state index contributed by atoms with van der Waals surface area (Å²) in [5.74, 6) is 0.313. The van der Waals surface area contributed by atoms with Crippen molar-refractivity contribution in [2.24, 2.45) is 0 Å². The van der Waals surface area contributed by atoms with Crippen molar-refractivity contribution in [2.45, 2.75) is 32.2 Å². The molecule has 3 amide bonds. The topological polar surface area (TPSA) is 120 Å². The van der Waals surface area contributed by atoms with E-state index in [-0.39, 0.29) is 6.04 Å². The molecule has 3 heterocycles. The van der Waals surface area contributed by atoms with Gasteiger partial charge in [-0.1, -0.05) is 24.3 Å². The minimum Gasteiger partial charge on any atom is -0.465 e. The van der Waals surface area contributed by atoms with E-state index in [9.17, 15) is 14.7 Å². The fraction of sp³-hybridized carbons (Fsp3) is 0.261. The first-order valence-electron chi connectivity index (χ1n) is 10.4. The molecule has 9 heteroatoms. The minimum absolute atomic E-state index is 0.130. The number of nitrogens with one attached hydrogen (secondary N) is 2. The Morgan fingerprint density at radius 3 is 2.56 bits per heavy atom. The molecule has 0 saturated carbocycles. The fourth-order valence-electron chi connectivity index (χ4n) is 3.77. The number of aromatic nitrogens is 3. The molecule has 1 aliphatic heterocycles. The zero-order valence-corrected chi connectivity index (χ0v) is 17.7. The van der Waals surface area contributed by atoms with E-state index in [0.29, 0.717) is 23.7 Å². The van der Waals surface area contributed by atoms with Gasteiger partial charge < -0.3 is 15.3 Å². The van der Waals surface area contributed by atoms with Gasteiger partial charge in [0.05, 0.1) is 36.0 Å². The van der Waals surface area contributed by atoms with Crippen molar-refractivity contribution in [3.63, 3.8) is 0 Å². The molecule has 1 unspecified atom stereocenters. The molecule has 9 nitrogen and oxygen atoms in total. The molecule has 32 heavy (non-hydrogen) atoms. The van der Waals surface area contributed by atoms with Crippen LogP contribution in [0, 0.1) is 6.92 Å². The van der Waals surface area contributed by atoms with Crippen molar-refractivity contribution in [3.8, 4) is 11.3 Å². The van der Waals surface area contributed by atoms with E-state index in [1.165, 1.54) is 11.1 Å². The van der Waals surface area contributed by atoms with Crippen LogP contribution < -0.4 is 10.6 Å². The first-order chi connectivity index (χ1) is 15.5. The van der Waals surface area contributed by atoms with Crippen molar-refractivity contribution in [1.82, 2.24) is 19.9 Å². The highest BCUT2D eigenvalue weighted by Crippen LogP contribution is 2.32. The quantitative estimate of drug-likeness (QED) is 0.550. The first-order valence-corrected chi connectivity index (χ1v) is 10.4. The SMILES string of the molecule is Cc1ccc(NC(=O)Nc2cncc(-c3ccc(C4CCCCN4C(=O)O)cc3)n2)cn1. The molecule has 0 aliphatic carbocycles. The van der Waals surface area contributed by atoms with Gasteiger partial charge in [-0.15, -0.1) is 0 Å². The van der Waals surface area contributed by atoms with Gasteiger partial charge in [0.2, 0.25) is 0 Å². The molecule has 1 atom stereocenters. The van der Waals surface area contributed by atoms with Gasteiger partial charge in [-0.25, -0.2) is 14.6 Å². The minimum atomic E-state index is -0.886. The van der Waals surface area contributed by atoms with Crippen LogP contribution in [0.5, 0.6) is 0 Å². The zero-order chi connectivity index (χ0) is 22.5. The van der Waals surface area contributed by atoms with E-state index in [2.05, 4.69) is 25.6 Å². The van der Waals surface area contributed by atoms with E-state index < -0.39 is 12.1 Å². The number of urea groups is 1. The molecular weight excluding hydrogens is 408 g/mol. The summed E-state index contributed by atoms with van der Waals surface area (Å²) in [6.45, 7) is 2.43. The van der Waals surface area contributed by atoms with Crippen LogP contribution in [0.25, 0.3) is 11.3 Å². The first kappa shape index (κ1) is 21.2. The lowest BCUT2D eigenvalue weighted by Gasteiger charge is -2.33. The van der Waals surface area contributed by atoms with Crippen molar-refractivity contribution in [2.75, 3.05) is 17.2 Å². The zero-order valence-electron chi connectivity index (χ0n) is 17.7. The molecule has 3 aromatic rings. The van der Waals surface area contributed by atoms with Crippen LogP contribution in [0.4, 0.5) is 21.1 Å². The largest absolute Gasteiger partial charge is 0.465 e. The Morgan fingerprint density at radius 1 is 1.03 bits per heavy atom. The van der Waals surface area contributed by atoms with Gasteiger partial charge in [0.1, 0.15) is 0 Å². The number of carboxylic acid groups (broad SMARTS) is 1. The molecule has 1 aromatic carbocycles. The monoisotopic (exact) mass is 432 g/mol. The van der Waals surface area contributed by atoms with Gasteiger partial charge >= 0.3 is 12.1 Å². The number of hydrogen-bond acceptors (Lipinski definition) is 5. The summed E-state index contributed by atoms with van der Waals surface area (Å²) in [5.41, 5.74) is 3.82. The number of benzene rings is 1. The second-order valence-corrected chi connectivity index (χ2v) is 7.67. The van der Waals surface area contributed by atoms with Gasteiger partial charge in [-0.2, -0.15) is 0 Å². The number of piperidine rings is 1. The maximum Gasteiger partial charge on any atom is 0.407 e. The lowest BCUT2D eigenvalue weighted by Crippen LogP contribution is -2.37. The summed E-state index contributed by atoms with van der Waals surface area (Å²) >= 11 is 0. The molecule has 0 bridgehead atoms. The van der Waals surface area contributed by atoms with Crippen molar-refractivity contribution < 1.29 is 14.7 Å². The van der Waals surface area contributed by atoms with Crippen LogP contribution in [0.1, 0.15) is 36.6 Å². The number of pyridine rings is 1. The highest BCUT2D eigenvalue weighted by atomic mass is 16.4. The van der Waals surface area contributed by atoms with Crippen LogP contribution in [-0.2, 0) is 0 Å². The normalized spacial score (nSPS) is 15.8. The Morgan fingerprint density at radius 2 is 1.84 bits per heavy atom. The molecule has 164 valence electrons. The molecule has 1 aliphatic rings. The smallest absolute Gasteiger partial charge is 0.407 e. The highest BCUT2D eigenvalue weighted by Gasteiger charge is 2.27. The van der Waals surface area contributed by atoms with Crippen LogP contribution in [0.2, 0.25) is 0 Å². The van der Waals surface area contributed by atoms with E-state index in [4.69, 9.17) is 0 Å². The fourth-order valence-corrected chi connectivity index (χ4v) is 3.77. The number of anilines is 2. The lowest BCUT2D eigenvalue weighted by molar-refractivity contribution is 0.106. The number of rotatable bonds is 4. The molecule has 0 radical (unpaired) electrons. The third-order valence-corrected chi connectivity index (χ3v) is 5.39. The maximum atomic E-state index is 12.2. The van der Waals surface area contributed by atoms with Gasteiger partial charge in [-0.3, -0.25) is 15.3 Å². The Balaban J connectivity index is 1.45. The molecule has 2 aromatic heterocycles. The second kappa shape index (κ2) is 9.42. The molecule has 0 spiro atoms. The van der Waals surface area contributed by atoms with E-state index in [1.807, 2.05) is 37.3 Å². The predicted octanol–water partition coefficient (Wildman–Crippen LogP) is 4.70. The standard InChI is InChI=1S/C23H24N6O3/c1-15-5-10-18(12-25-15)26-22(30)28-21-14-24-13-19(27-21)16-6-8-17(9-7-16)20-4-2-3-11-29(20)23(31)32/h5-10,12-14,20H,2-4,11H2,1H3,(H,31,32)(H2,26,27,28,30). The van der Waals surface area contributed by atoms with Crippen molar-refractivity contribution in [3.05, 3.63) is 66.2 Å². The van der Waals surface area contributed by atoms with Crippen LogP contribution in [-0.4, -0.2) is 43.6 Å². The number of likely N-dealkylation sites (tertiary alicyclic amines) is 1. The number of amides is 3. The van der Waals surface area contributed by atoms with E-state index in [1.54, 1.807) is 18.5 Å². The van der Waals surface area contributed by atoms with Gasteiger partial charge in [-0.05, 0) is 43.9 Å². The summed E-state index contributed by atoms with van der Waals surface area (Å²) in [7, 11) is 0. The van der Waals surface area contributed by atoms with E-state index >= 15 is 0 Å². The molecular formula is C23H24N6O3. The molecule has 4 rings (SSSR count). The lowest BCUT2D eigenvalue weighted by atomic mass is 9.94. The number of nitrogens with zero attached hydrogens (tertiary/aromatic N) is 4. The van der Waals surface area contributed by atoms with Crippen LogP contribution in [0.15, 0.2) is 55.0 Å². The Bertz CT molecular complexity index is 1100. The number of aryl methyl sites for hydroxylation is 1. The predicted molar refractivity (Wildman–Crippen MR) is 120 cm³/mol. The van der Waals surface area contributed by atoms with Gasteiger partial charge in [0.15, 0.2) is 5.82 Å². The van der Waals surface area contributed by atoms with Gasteiger partial charge in [0.25, 0.3) is 0 Å². The molecule has 1 fully saturated rings. The van der Waals surface area contributed by atoms with Crippen molar-refractivity contribution >= 4 is 23.6 Å². The summed E-state index contributed by atoms with van der Waals surface area (Å²) in [6.07, 6.45) is 6.50. The maximum absolute atomic E-state index is 12.2. The molecule has 1 saturated heterocycles. The Kier molecular flexibility index (Phi) is 6.25. The van der Waals surface area contributed by atoms with Crippen molar-refractivity contribution in [1.29, 1.82) is 0 Å². The third-order valence-electron chi connectivity index (χ3n) is 5.39. The van der Waals surface area contributed by atoms with Gasteiger partial charge in [0, 0.05) is 17.8 Å². The van der Waals surface area contributed by atoms with E-state index in [0.717, 1.165) is 36.1 Å². The Labute approximate surface area is 185 Å². The number of carbonyl (C=O) groups is 2. The highest BCUT2D eigenvalue weighted by molar-refractivity contribution is 5.99.